The van der Waals surface area contributed by atoms with Crippen LogP contribution < -0.4 is 10.6 Å². The lowest BCUT2D eigenvalue weighted by Gasteiger charge is -2.09. The molecule has 2 amide bonds. The van der Waals surface area contributed by atoms with E-state index in [2.05, 4.69) is 25.4 Å². The first kappa shape index (κ1) is 20.5. The molecule has 0 unspecified atom stereocenters. The highest BCUT2D eigenvalue weighted by molar-refractivity contribution is 7.99. The second-order valence-electron chi connectivity index (χ2n) is 6.63. The van der Waals surface area contributed by atoms with Gasteiger partial charge in [0.2, 0.25) is 11.8 Å². The lowest BCUT2D eigenvalue weighted by atomic mass is 10.3. The molecule has 11 heteroatoms. The Hall–Kier alpha value is -2.79. The monoisotopic (exact) mass is 449 g/mol. The molecule has 0 radical (unpaired) electrons. The molecule has 1 aromatic carbocycles. The molecule has 1 fully saturated rings. The summed E-state index contributed by atoms with van der Waals surface area (Å²) in [5.74, 6) is -2.06. The molecule has 0 saturated heterocycles. The van der Waals surface area contributed by atoms with Gasteiger partial charge in [0.15, 0.2) is 22.6 Å². The lowest BCUT2D eigenvalue weighted by molar-refractivity contribution is -0.122. The lowest BCUT2D eigenvalue weighted by Crippen LogP contribution is -2.34. The number of anilines is 1. The van der Waals surface area contributed by atoms with Gasteiger partial charge in [-0.15, -0.1) is 21.5 Å². The Morgan fingerprint density at radius 2 is 2.00 bits per heavy atom. The molecule has 0 spiro atoms. The molecule has 2 N–H and O–H groups in total. The third kappa shape index (κ3) is 4.85. The smallest absolute Gasteiger partial charge is 0.243 e. The van der Waals surface area contributed by atoms with Crippen molar-refractivity contribution in [3.05, 3.63) is 47.3 Å². The molecule has 3 aromatic rings. The second kappa shape index (κ2) is 8.92. The number of thioether (sulfide) groups is 1. The van der Waals surface area contributed by atoms with Crippen LogP contribution in [0.4, 0.5) is 14.5 Å². The molecule has 0 atom stereocenters. The minimum absolute atomic E-state index is 0.0771. The van der Waals surface area contributed by atoms with E-state index < -0.39 is 17.5 Å². The number of hydrogen-bond donors (Lipinski definition) is 2. The molecular formula is C19H17F2N5O2S2. The minimum Gasteiger partial charge on any atom is -0.346 e. The zero-order valence-corrected chi connectivity index (χ0v) is 17.2. The van der Waals surface area contributed by atoms with Gasteiger partial charge in [-0.05, 0) is 36.4 Å². The van der Waals surface area contributed by atoms with E-state index in [1.165, 1.54) is 17.8 Å². The average Bonchev–Trinajstić information content (AvgIpc) is 3.24. The topological polar surface area (TPSA) is 88.9 Å². The van der Waals surface area contributed by atoms with Crippen LogP contribution >= 0.6 is 23.1 Å². The van der Waals surface area contributed by atoms with Gasteiger partial charge in [-0.2, -0.15) is 0 Å². The number of aromatic nitrogens is 3. The van der Waals surface area contributed by atoms with Gasteiger partial charge in [0.1, 0.15) is 0 Å². The molecule has 30 heavy (non-hydrogen) atoms. The molecule has 156 valence electrons. The SMILES string of the molecule is O=C(CSc1nnc(-c2cccs2)n1C1CC1)NCC(=O)Nc1ccc(F)c(F)c1. The fourth-order valence-electron chi connectivity index (χ4n) is 2.75. The molecular weight excluding hydrogens is 432 g/mol. The van der Waals surface area contributed by atoms with Crippen LogP contribution in [-0.2, 0) is 9.59 Å². The molecule has 1 aliphatic carbocycles. The Bertz CT molecular complexity index is 1070. The van der Waals surface area contributed by atoms with Gasteiger partial charge < -0.3 is 10.6 Å². The summed E-state index contributed by atoms with van der Waals surface area (Å²) < 4.78 is 28.2. The van der Waals surface area contributed by atoms with E-state index in [1.54, 1.807) is 11.3 Å². The van der Waals surface area contributed by atoms with Crippen LogP contribution in [0.25, 0.3) is 10.7 Å². The summed E-state index contributed by atoms with van der Waals surface area (Å²) >= 11 is 2.85. The summed E-state index contributed by atoms with van der Waals surface area (Å²) in [6, 6.07) is 7.33. The van der Waals surface area contributed by atoms with Crippen LogP contribution in [0.2, 0.25) is 0 Å². The number of carbonyl (C=O) groups is 2. The largest absolute Gasteiger partial charge is 0.346 e. The minimum atomic E-state index is -1.06. The summed E-state index contributed by atoms with van der Waals surface area (Å²) in [5.41, 5.74) is 0.112. The number of halogens is 2. The Balaban J connectivity index is 1.29. The highest BCUT2D eigenvalue weighted by atomic mass is 32.2. The average molecular weight is 450 g/mol. The fraction of sp³-hybridized carbons (Fsp3) is 0.263. The van der Waals surface area contributed by atoms with Crippen molar-refractivity contribution in [2.24, 2.45) is 0 Å². The first-order chi connectivity index (χ1) is 14.5. The first-order valence-corrected chi connectivity index (χ1v) is 11.0. The number of amides is 2. The van der Waals surface area contributed by atoms with Gasteiger partial charge in [0.05, 0.1) is 17.2 Å². The standard InChI is InChI=1S/C19H17F2N5O2S2/c20-13-6-3-11(8-14(13)21)23-16(27)9-22-17(28)10-30-19-25-24-18(15-2-1-7-29-15)26(19)12-4-5-12/h1-3,6-8,12H,4-5,9-10H2,(H,22,28)(H,23,27). The van der Waals surface area contributed by atoms with E-state index in [0.717, 1.165) is 35.7 Å². The van der Waals surface area contributed by atoms with Gasteiger partial charge in [-0.25, -0.2) is 8.78 Å². The Labute approximate surface area is 178 Å². The van der Waals surface area contributed by atoms with Gasteiger partial charge in [-0.1, -0.05) is 17.8 Å². The van der Waals surface area contributed by atoms with Crippen molar-refractivity contribution >= 4 is 40.6 Å². The molecule has 2 aromatic heterocycles. The van der Waals surface area contributed by atoms with Crippen LogP contribution in [0.1, 0.15) is 18.9 Å². The van der Waals surface area contributed by atoms with E-state index in [-0.39, 0.29) is 23.9 Å². The van der Waals surface area contributed by atoms with Crippen molar-refractivity contribution in [2.45, 2.75) is 24.0 Å². The van der Waals surface area contributed by atoms with Crippen LogP contribution in [0.3, 0.4) is 0 Å². The van der Waals surface area contributed by atoms with Crippen molar-refractivity contribution in [1.82, 2.24) is 20.1 Å². The number of benzene rings is 1. The third-order valence-electron chi connectivity index (χ3n) is 4.30. The van der Waals surface area contributed by atoms with E-state index >= 15 is 0 Å². The Morgan fingerprint density at radius 3 is 2.70 bits per heavy atom. The Morgan fingerprint density at radius 1 is 1.17 bits per heavy atom. The van der Waals surface area contributed by atoms with Crippen LogP contribution in [0.15, 0.2) is 40.9 Å². The van der Waals surface area contributed by atoms with E-state index in [1.807, 2.05) is 17.5 Å². The summed E-state index contributed by atoms with van der Waals surface area (Å²) in [4.78, 5) is 25.1. The van der Waals surface area contributed by atoms with Gasteiger partial charge >= 0.3 is 0 Å². The zero-order valence-electron chi connectivity index (χ0n) is 15.6. The number of nitrogens with one attached hydrogen (secondary N) is 2. The maximum atomic E-state index is 13.2. The molecule has 1 aliphatic rings. The molecule has 2 heterocycles. The summed E-state index contributed by atoms with van der Waals surface area (Å²) in [6.07, 6.45) is 2.11. The van der Waals surface area contributed by atoms with Gasteiger partial charge in [-0.3, -0.25) is 14.2 Å². The number of thiophene rings is 1. The van der Waals surface area contributed by atoms with Crippen molar-refractivity contribution in [1.29, 1.82) is 0 Å². The summed E-state index contributed by atoms with van der Waals surface area (Å²) in [7, 11) is 0. The second-order valence-corrected chi connectivity index (χ2v) is 8.52. The van der Waals surface area contributed by atoms with Crippen molar-refractivity contribution in [3.63, 3.8) is 0 Å². The predicted molar refractivity (Wildman–Crippen MR) is 110 cm³/mol. The first-order valence-electron chi connectivity index (χ1n) is 9.14. The van der Waals surface area contributed by atoms with Crippen LogP contribution in [0.5, 0.6) is 0 Å². The fourth-order valence-corrected chi connectivity index (χ4v) is 4.29. The molecule has 0 bridgehead atoms. The number of carbonyl (C=O) groups excluding carboxylic acids is 2. The number of nitrogens with zero attached hydrogens (tertiary/aromatic N) is 3. The normalized spacial score (nSPS) is 13.3. The van der Waals surface area contributed by atoms with Gasteiger partial charge in [0.25, 0.3) is 0 Å². The predicted octanol–water partition coefficient (Wildman–Crippen LogP) is 3.47. The molecule has 0 aliphatic heterocycles. The summed E-state index contributed by atoms with van der Waals surface area (Å²) in [5, 5.41) is 16.1. The van der Waals surface area contributed by atoms with Crippen molar-refractivity contribution in [3.8, 4) is 10.7 Å². The highest BCUT2D eigenvalue weighted by Crippen LogP contribution is 2.41. The van der Waals surface area contributed by atoms with E-state index in [4.69, 9.17) is 0 Å². The van der Waals surface area contributed by atoms with E-state index in [0.29, 0.717) is 11.2 Å². The van der Waals surface area contributed by atoms with Gasteiger partial charge in [0, 0.05) is 17.8 Å². The Kier molecular flexibility index (Phi) is 6.09. The van der Waals surface area contributed by atoms with Crippen molar-refractivity contribution < 1.29 is 18.4 Å². The molecule has 7 nitrogen and oxygen atoms in total. The molecule has 1 saturated carbocycles. The quantitative estimate of drug-likeness (QED) is 0.514. The van der Waals surface area contributed by atoms with E-state index in [9.17, 15) is 18.4 Å². The number of rotatable bonds is 8. The van der Waals surface area contributed by atoms with Crippen LogP contribution in [-0.4, -0.2) is 38.9 Å². The molecule has 4 rings (SSSR count). The maximum absolute atomic E-state index is 13.2. The summed E-state index contributed by atoms with van der Waals surface area (Å²) in [6.45, 7) is -0.284. The highest BCUT2D eigenvalue weighted by Gasteiger charge is 2.30. The number of hydrogen-bond acceptors (Lipinski definition) is 6. The van der Waals surface area contributed by atoms with Crippen LogP contribution in [0, 0.1) is 11.6 Å². The maximum Gasteiger partial charge on any atom is 0.243 e. The third-order valence-corrected chi connectivity index (χ3v) is 6.11. The zero-order chi connectivity index (χ0) is 21.1. The van der Waals surface area contributed by atoms with Crippen molar-refractivity contribution in [2.75, 3.05) is 17.6 Å².